The minimum Gasteiger partial charge on any atom is -0.479 e. The van der Waals surface area contributed by atoms with Crippen LogP contribution in [0.1, 0.15) is 27.1 Å². The quantitative estimate of drug-likeness (QED) is 0.895. The first-order valence-corrected chi connectivity index (χ1v) is 6.46. The standard InChI is InChI=1S/C13H12N2O3S/c1-8-4-2-5-9(14-8)12(16)15-11(13(17)18)10-6-3-7-19-10/h2-7,11H,1H3,(H,15,16)(H,17,18). The minimum atomic E-state index is -1.09. The third-order valence-corrected chi connectivity index (χ3v) is 3.41. The van der Waals surface area contributed by atoms with Crippen LogP contribution in [0.5, 0.6) is 0 Å². The van der Waals surface area contributed by atoms with Crippen molar-refractivity contribution in [3.63, 3.8) is 0 Å². The number of nitrogens with one attached hydrogen (secondary N) is 1. The molecule has 0 spiro atoms. The summed E-state index contributed by atoms with van der Waals surface area (Å²) in [6.45, 7) is 1.77. The summed E-state index contributed by atoms with van der Waals surface area (Å²) in [6, 6.07) is 7.40. The van der Waals surface area contributed by atoms with E-state index in [0.29, 0.717) is 10.6 Å². The molecule has 2 heterocycles. The molecule has 2 aromatic heterocycles. The minimum absolute atomic E-state index is 0.211. The van der Waals surface area contributed by atoms with Gasteiger partial charge in [-0.05, 0) is 30.5 Å². The van der Waals surface area contributed by atoms with Gasteiger partial charge in [-0.3, -0.25) is 4.79 Å². The van der Waals surface area contributed by atoms with Crippen molar-refractivity contribution in [2.75, 3.05) is 0 Å². The zero-order valence-electron chi connectivity index (χ0n) is 10.2. The van der Waals surface area contributed by atoms with Crippen molar-refractivity contribution in [2.45, 2.75) is 13.0 Å². The highest BCUT2D eigenvalue weighted by molar-refractivity contribution is 7.10. The van der Waals surface area contributed by atoms with Crippen LogP contribution in [0, 0.1) is 6.92 Å². The van der Waals surface area contributed by atoms with E-state index in [1.54, 1.807) is 42.6 Å². The van der Waals surface area contributed by atoms with E-state index in [1.165, 1.54) is 11.3 Å². The van der Waals surface area contributed by atoms with E-state index in [2.05, 4.69) is 10.3 Å². The van der Waals surface area contributed by atoms with E-state index >= 15 is 0 Å². The van der Waals surface area contributed by atoms with Gasteiger partial charge < -0.3 is 10.4 Å². The number of aliphatic carboxylic acids is 1. The van der Waals surface area contributed by atoms with Crippen molar-refractivity contribution >= 4 is 23.2 Å². The first-order chi connectivity index (χ1) is 9.08. The topological polar surface area (TPSA) is 79.3 Å². The number of carboxylic acids is 1. The van der Waals surface area contributed by atoms with Crippen LogP contribution < -0.4 is 5.32 Å². The number of hydrogen-bond acceptors (Lipinski definition) is 4. The van der Waals surface area contributed by atoms with Crippen molar-refractivity contribution in [3.05, 3.63) is 52.0 Å². The molecule has 2 aromatic rings. The van der Waals surface area contributed by atoms with Crippen LogP contribution in [-0.2, 0) is 4.79 Å². The van der Waals surface area contributed by atoms with E-state index in [-0.39, 0.29) is 5.69 Å². The average Bonchev–Trinajstić information content (AvgIpc) is 2.88. The molecule has 0 aliphatic heterocycles. The molecular weight excluding hydrogens is 264 g/mol. The molecule has 1 amide bonds. The molecule has 0 bridgehead atoms. The Morgan fingerprint density at radius 2 is 2.11 bits per heavy atom. The molecule has 0 aliphatic carbocycles. The summed E-state index contributed by atoms with van der Waals surface area (Å²) in [7, 11) is 0. The lowest BCUT2D eigenvalue weighted by molar-refractivity contribution is -0.139. The molecule has 2 rings (SSSR count). The lowest BCUT2D eigenvalue weighted by Gasteiger charge is -2.12. The van der Waals surface area contributed by atoms with Gasteiger partial charge in [0, 0.05) is 10.6 Å². The maximum atomic E-state index is 12.0. The SMILES string of the molecule is Cc1cccc(C(=O)NC(C(=O)O)c2cccs2)n1. The highest BCUT2D eigenvalue weighted by Gasteiger charge is 2.23. The summed E-state index contributed by atoms with van der Waals surface area (Å²) in [6.07, 6.45) is 0. The molecule has 0 aromatic carbocycles. The summed E-state index contributed by atoms with van der Waals surface area (Å²) in [5.74, 6) is -1.59. The number of pyridine rings is 1. The Morgan fingerprint density at radius 3 is 2.68 bits per heavy atom. The Bertz CT molecular complexity index is 596. The Hall–Kier alpha value is -2.21. The number of hydrogen-bond donors (Lipinski definition) is 2. The molecule has 0 saturated heterocycles. The van der Waals surface area contributed by atoms with Crippen LogP contribution >= 0.6 is 11.3 Å². The number of carboxylic acid groups (broad SMARTS) is 1. The van der Waals surface area contributed by atoms with E-state index < -0.39 is 17.9 Å². The van der Waals surface area contributed by atoms with Crippen molar-refractivity contribution in [1.29, 1.82) is 0 Å². The third-order valence-electron chi connectivity index (χ3n) is 2.47. The maximum Gasteiger partial charge on any atom is 0.331 e. The summed E-state index contributed by atoms with van der Waals surface area (Å²) >= 11 is 1.28. The van der Waals surface area contributed by atoms with Crippen LogP contribution in [0.3, 0.4) is 0 Å². The molecule has 98 valence electrons. The molecule has 6 heteroatoms. The number of aryl methyl sites for hydroxylation is 1. The number of aromatic nitrogens is 1. The highest BCUT2D eigenvalue weighted by Crippen LogP contribution is 2.19. The predicted molar refractivity (Wildman–Crippen MR) is 71.1 cm³/mol. The first-order valence-electron chi connectivity index (χ1n) is 5.58. The lowest BCUT2D eigenvalue weighted by atomic mass is 10.2. The molecule has 0 aliphatic rings. The van der Waals surface area contributed by atoms with Gasteiger partial charge in [-0.1, -0.05) is 12.1 Å². The van der Waals surface area contributed by atoms with Crippen LogP contribution in [0.2, 0.25) is 0 Å². The van der Waals surface area contributed by atoms with Gasteiger partial charge in [-0.15, -0.1) is 11.3 Å². The number of rotatable bonds is 4. The second-order valence-corrected chi connectivity index (χ2v) is 4.90. The summed E-state index contributed by atoms with van der Waals surface area (Å²) in [4.78, 5) is 27.8. The predicted octanol–water partition coefficient (Wildman–Crippen LogP) is 2.01. The van der Waals surface area contributed by atoms with Gasteiger partial charge >= 0.3 is 5.97 Å². The van der Waals surface area contributed by atoms with E-state index in [4.69, 9.17) is 5.11 Å². The smallest absolute Gasteiger partial charge is 0.331 e. The number of nitrogens with zero attached hydrogens (tertiary/aromatic N) is 1. The zero-order chi connectivity index (χ0) is 13.8. The molecule has 19 heavy (non-hydrogen) atoms. The Balaban J connectivity index is 2.19. The van der Waals surface area contributed by atoms with Crippen molar-refractivity contribution in [2.24, 2.45) is 0 Å². The van der Waals surface area contributed by atoms with Crippen LogP contribution in [0.4, 0.5) is 0 Å². The second kappa shape index (κ2) is 5.62. The molecule has 2 N–H and O–H groups in total. The lowest BCUT2D eigenvalue weighted by Crippen LogP contribution is -2.33. The maximum absolute atomic E-state index is 12.0. The zero-order valence-corrected chi connectivity index (χ0v) is 11.0. The molecule has 0 saturated carbocycles. The number of amides is 1. The average molecular weight is 276 g/mol. The van der Waals surface area contributed by atoms with Gasteiger partial charge in [-0.2, -0.15) is 0 Å². The summed E-state index contributed by atoms with van der Waals surface area (Å²) < 4.78 is 0. The highest BCUT2D eigenvalue weighted by atomic mass is 32.1. The van der Waals surface area contributed by atoms with E-state index in [9.17, 15) is 9.59 Å². The van der Waals surface area contributed by atoms with Crippen LogP contribution in [0.25, 0.3) is 0 Å². The summed E-state index contributed by atoms with van der Waals surface area (Å²) in [5.41, 5.74) is 0.915. The number of carbonyl (C=O) groups is 2. The molecular formula is C13H12N2O3S. The van der Waals surface area contributed by atoms with Gasteiger partial charge in [0.1, 0.15) is 5.69 Å². The molecule has 5 nitrogen and oxygen atoms in total. The monoisotopic (exact) mass is 276 g/mol. The Morgan fingerprint density at radius 1 is 1.32 bits per heavy atom. The van der Waals surface area contributed by atoms with Crippen molar-refractivity contribution < 1.29 is 14.7 Å². The fraction of sp³-hybridized carbons (Fsp3) is 0.154. The molecule has 0 fully saturated rings. The molecule has 0 radical (unpaired) electrons. The van der Waals surface area contributed by atoms with Gasteiger partial charge in [0.15, 0.2) is 6.04 Å². The van der Waals surface area contributed by atoms with Crippen LogP contribution in [0.15, 0.2) is 35.7 Å². The largest absolute Gasteiger partial charge is 0.479 e. The molecule has 1 unspecified atom stereocenters. The number of thiophene rings is 1. The fourth-order valence-electron chi connectivity index (χ4n) is 1.58. The fourth-order valence-corrected chi connectivity index (χ4v) is 2.35. The number of carbonyl (C=O) groups excluding carboxylic acids is 1. The second-order valence-electron chi connectivity index (χ2n) is 3.92. The van der Waals surface area contributed by atoms with Gasteiger partial charge in [0.2, 0.25) is 0 Å². The van der Waals surface area contributed by atoms with Gasteiger partial charge in [-0.25, -0.2) is 9.78 Å². The Labute approximate surface area is 113 Å². The first kappa shape index (κ1) is 13.2. The van der Waals surface area contributed by atoms with Crippen molar-refractivity contribution in [3.8, 4) is 0 Å². The van der Waals surface area contributed by atoms with Gasteiger partial charge in [0.05, 0.1) is 0 Å². The van der Waals surface area contributed by atoms with E-state index in [1.807, 2.05) is 0 Å². The van der Waals surface area contributed by atoms with Crippen LogP contribution in [-0.4, -0.2) is 22.0 Å². The van der Waals surface area contributed by atoms with Crippen molar-refractivity contribution in [1.82, 2.24) is 10.3 Å². The van der Waals surface area contributed by atoms with E-state index in [0.717, 1.165) is 0 Å². The summed E-state index contributed by atoms with van der Waals surface area (Å²) in [5, 5.41) is 13.4. The third kappa shape index (κ3) is 3.17. The normalized spacial score (nSPS) is 11.8. The Kier molecular flexibility index (Phi) is 3.91. The molecule has 1 atom stereocenters. The van der Waals surface area contributed by atoms with Gasteiger partial charge in [0.25, 0.3) is 5.91 Å².